The Balaban J connectivity index is 1.29. The quantitative estimate of drug-likeness (QED) is 0.482. The number of amides is 1. The van der Waals surface area contributed by atoms with Crippen molar-refractivity contribution in [1.82, 2.24) is 10.1 Å². The SMILES string of the molecule is Cc1nc(NC(=O)c2cc(-c3cccc(F)c3)no2)sc1Cc1ccc2c(c1)OCO2. The molecule has 1 amide bonds. The molecule has 4 aromatic rings. The smallest absolute Gasteiger partial charge is 0.296 e. The van der Waals surface area contributed by atoms with Gasteiger partial charge in [0.25, 0.3) is 5.91 Å². The number of ether oxygens (including phenoxy) is 2. The number of nitrogens with zero attached hydrogens (tertiary/aromatic N) is 2. The number of anilines is 1. The number of aromatic nitrogens is 2. The van der Waals surface area contributed by atoms with E-state index >= 15 is 0 Å². The maximum Gasteiger partial charge on any atom is 0.296 e. The molecule has 0 fully saturated rings. The van der Waals surface area contributed by atoms with Crippen molar-refractivity contribution in [3.05, 3.63) is 76.2 Å². The van der Waals surface area contributed by atoms with E-state index in [1.807, 2.05) is 25.1 Å². The number of thiazole rings is 1. The fourth-order valence-electron chi connectivity index (χ4n) is 3.21. The third-order valence-electron chi connectivity index (χ3n) is 4.77. The lowest BCUT2D eigenvalue weighted by molar-refractivity contribution is 0.0988. The second-order valence-corrected chi connectivity index (χ2v) is 8.02. The molecule has 0 spiro atoms. The molecule has 7 nitrogen and oxygen atoms in total. The summed E-state index contributed by atoms with van der Waals surface area (Å²) in [5.74, 6) is 0.623. The largest absolute Gasteiger partial charge is 0.454 e. The van der Waals surface area contributed by atoms with Crippen LogP contribution in [0.2, 0.25) is 0 Å². The van der Waals surface area contributed by atoms with Gasteiger partial charge in [-0.1, -0.05) is 23.4 Å². The Morgan fingerprint density at radius 3 is 2.90 bits per heavy atom. The van der Waals surface area contributed by atoms with E-state index < -0.39 is 5.91 Å². The predicted molar refractivity (Wildman–Crippen MR) is 112 cm³/mol. The topological polar surface area (TPSA) is 86.5 Å². The molecule has 2 aromatic carbocycles. The summed E-state index contributed by atoms with van der Waals surface area (Å²) in [6.07, 6.45) is 0.655. The molecule has 31 heavy (non-hydrogen) atoms. The van der Waals surface area contributed by atoms with Gasteiger partial charge in [0.1, 0.15) is 11.5 Å². The second-order valence-electron chi connectivity index (χ2n) is 6.93. The number of carbonyl (C=O) groups is 1. The molecule has 3 heterocycles. The van der Waals surface area contributed by atoms with Crippen LogP contribution in [0.15, 0.2) is 53.1 Å². The Hall–Kier alpha value is -3.72. The average Bonchev–Trinajstić information content (AvgIpc) is 3.48. The van der Waals surface area contributed by atoms with Gasteiger partial charge in [0, 0.05) is 22.9 Å². The Morgan fingerprint density at radius 2 is 2.03 bits per heavy atom. The number of benzene rings is 2. The van der Waals surface area contributed by atoms with Gasteiger partial charge in [0.2, 0.25) is 12.6 Å². The number of fused-ring (bicyclic) bond motifs is 1. The van der Waals surface area contributed by atoms with Crippen LogP contribution in [0.1, 0.15) is 26.7 Å². The van der Waals surface area contributed by atoms with Crippen LogP contribution in [-0.2, 0) is 6.42 Å². The summed E-state index contributed by atoms with van der Waals surface area (Å²) in [4.78, 5) is 18.0. The van der Waals surface area contributed by atoms with Crippen LogP contribution in [0.4, 0.5) is 9.52 Å². The lowest BCUT2D eigenvalue weighted by Crippen LogP contribution is -2.10. The molecule has 5 rings (SSSR count). The minimum absolute atomic E-state index is 0.0180. The molecule has 0 saturated carbocycles. The molecule has 1 aliphatic rings. The summed E-state index contributed by atoms with van der Waals surface area (Å²) < 4.78 is 29.3. The van der Waals surface area contributed by atoms with Crippen molar-refractivity contribution in [2.45, 2.75) is 13.3 Å². The van der Waals surface area contributed by atoms with Crippen LogP contribution in [0.5, 0.6) is 11.5 Å². The highest BCUT2D eigenvalue weighted by Gasteiger charge is 2.18. The number of carbonyl (C=O) groups excluding carboxylic acids is 1. The number of rotatable bonds is 5. The van der Waals surface area contributed by atoms with Crippen LogP contribution in [0.25, 0.3) is 11.3 Å². The molecule has 2 aromatic heterocycles. The van der Waals surface area contributed by atoms with E-state index in [0.717, 1.165) is 27.6 Å². The summed E-state index contributed by atoms with van der Waals surface area (Å²) in [7, 11) is 0. The van der Waals surface area contributed by atoms with Gasteiger partial charge < -0.3 is 14.0 Å². The monoisotopic (exact) mass is 437 g/mol. The second kappa shape index (κ2) is 7.84. The zero-order valence-corrected chi connectivity index (χ0v) is 17.2. The first-order valence-electron chi connectivity index (χ1n) is 9.44. The lowest BCUT2D eigenvalue weighted by atomic mass is 10.1. The molecular formula is C22H16FN3O4S. The Morgan fingerprint density at radius 1 is 1.16 bits per heavy atom. The van der Waals surface area contributed by atoms with E-state index in [9.17, 15) is 9.18 Å². The third kappa shape index (κ3) is 3.99. The summed E-state index contributed by atoms with van der Waals surface area (Å²) in [6, 6.07) is 13.2. The molecule has 0 aliphatic carbocycles. The number of aryl methyl sites for hydroxylation is 1. The number of halogens is 1. The normalized spacial score (nSPS) is 12.2. The fourth-order valence-corrected chi connectivity index (χ4v) is 4.20. The van der Waals surface area contributed by atoms with Gasteiger partial charge in [-0.15, -0.1) is 11.3 Å². The minimum Gasteiger partial charge on any atom is -0.454 e. The summed E-state index contributed by atoms with van der Waals surface area (Å²) >= 11 is 1.39. The minimum atomic E-state index is -0.474. The molecule has 0 unspecified atom stereocenters. The van der Waals surface area contributed by atoms with Gasteiger partial charge in [-0.25, -0.2) is 9.37 Å². The summed E-state index contributed by atoms with van der Waals surface area (Å²) in [6.45, 7) is 2.13. The van der Waals surface area contributed by atoms with E-state index in [4.69, 9.17) is 14.0 Å². The van der Waals surface area contributed by atoms with Crippen LogP contribution >= 0.6 is 11.3 Å². The molecular weight excluding hydrogens is 421 g/mol. The van der Waals surface area contributed by atoms with E-state index in [1.54, 1.807) is 12.1 Å². The van der Waals surface area contributed by atoms with E-state index in [2.05, 4.69) is 15.5 Å². The van der Waals surface area contributed by atoms with E-state index in [0.29, 0.717) is 22.8 Å². The standard InChI is InChI=1S/C22H16FN3O4S/c1-12-20(8-13-5-6-17-18(7-13)29-11-28-17)31-22(24-12)25-21(27)19-10-16(26-30-19)14-3-2-4-15(23)9-14/h2-7,9-10H,8,11H2,1H3,(H,24,25,27). The van der Waals surface area contributed by atoms with Crippen LogP contribution in [0.3, 0.4) is 0 Å². The Bertz CT molecular complexity index is 1280. The van der Waals surface area contributed by atoms with E-state index in [1.165, 1.54) is 29.5 Å². The van der Waals surface area contributed by atoms with Crippen molar-refractivity contribution in [1.29, 1.82) is 0 Å². The maximum atomic E-state index is 13.4. The highest BCUT2D eigenvalue weighted by atomic mass is 32.1. The molecule has 0 atom stereocenters. The molecule has 1 N–H and O–H groups in total. The first-order chi connectivity index (χ1) is 15.0. The van der Waals surface area contributed by atoms with Gasteiger partial charge in [0.05, 0.1) is 5.69 Å². The molecule has 156 valence electrons. The van der Waals surface area contributed by atoms with Gasteiger partial charge in [0.15, 0.2) is 16.6 Å². The van der Waals surface area contributed by atoms with Crippen molar-refractivity contribution in [2.75, 3.05) is 12.1 Å². The zero-order valence-electron chi connectivity index (χ0n) is 16.3. The van der Waals surface area contributed by atoms with Crippen LogP contribution in [0, 0.1) is 12.7 Å². The number of hydrogen-bond acceptors (Lipinski definition) is 7. The van der Waals surface area contributed by atoms with Crippen molar-refractivity contribution in [3.63, 3.8) is 0 Å². The van der Waals surface area contributed by atoms with Crippen molar-refractivity contribution in [2.24, 2.45) is 0 Å². The Kier molecular flexibility index (Phi) is 4.87. The molecule has 0 saturated heterocycles. The highest BCUT2D eigenvalue weighted by molar-refractivity contribution is 7.15. The number of nitrogens with one attached hydrogen (secondary N) is 1. The summed E-state index contributed by atoms with van der Waals surface area (Å²) in [5.41, 5.74) is 2.79. The summed E-state index contributed by atoms with van der Waals surface area (Å²) in [5, 5.41) is 7.05. The highest BCUT2D eigenvalue weighted by Crippen LogP contribution is 2.34. The van der Waals surface area contributed by atoms with Gasteiger partial charge in [-0.05, 0) is 36.8 Å². The van der Waals surface area contributed by atoms with E-state index in [-0.39, 0.29) is 18.4 Å². The Labute approximate surface area is 180 Å². The van der Waals surface area contributed by atoms with Crippen molar-refractivity contribution < 1.29 is 23.2 Å². The number of hydrogen-bond donors (Lipinski definition) is 1. The third-order valence-corrected chi connectivity index (χ3v) is 5.84. The first kappa shape index (κ1) is 19.3. The zero-order chi connectivity index (χ0) is 21.4. The fraction of sp³-hybridized carbons (Fsp3) is 0.136. The van der Waals surface area contributed by atoms with Crippen LogP contribution < -0.4 is 14.8 Å². The van der Waals surface area contributed by atoms with Crippen molar-refractivity contribution >= 4 is 22.4 Å². The van der Waals surface area contributed by atoms with Crippen molar-refractivity contribution in [3.8, 4) is 22.8 Å². The lowest BCUT2D eigenvalue weighted by Gasteiger charge is -2.02. The maximum absolute atomic E-state index is 13.4. The molecule has 1 aliphatic heterocycles. The van der Waals surface area contributed by atoms with Gasteiger partial charge >= 0.3 is 0 Å². The first-order valence-corrected chi connectivity index (χ1v) is 10.3. The van der Waals surface area contributed by atoms with Crippen LogP contribution in [-0.4, -0.2) is 22.8 Å². The predicted octanol–water partition coefficient (Wildman–Crippen LogP) is 4.82. The molecule has 0 radical (unpaired) electrons. The van der Waals surface area contributed by atoms with Gasteiger partial charge in [-0.2, -0.15) is 0 Å². The van der Waals surface area contributed by atoms with Gasteiger partial charge in [-0.3, -0.25) is 10.1 Å². The molecule has 0 bridgehead atoms. The molecule has 9 heteroatoms. The average molecular weight is 437 g/mol.